The van der Waals surface area contributed by atoms with Gasteiger partial charge in [0.2, 0.25) is 5.89 Å². The predicted octanol–water partition coefficient (Wildman–Crippen LogP) is 2.91. The van der Waals surface area contributed by atoms with E-state index in [-0.39, 0.29) is 0 Å². The Morgan fingerprint density at radius 2 is 2.26 bits per heavy atom. The molecule has 0 atom stereocenters. The fourth-order valence-corrected chi connectivity index (χ4v) is 2.46. The second-order valence-corrected chi connectivity index (χ2v) is 5.07. The third-order valence-electron chi connectivity index (χ3n) is 2.52. The highest BCUT2D eigenvalue weighted by Gasteiger charge is 2.09. The molecule has 0 radical (unpaired) electrons. The van der Waals surface area contributed by atoms with Gasteiger partial charge in [-0.25, -0.2) is 0 Å². The number of nitrogen functional groups attached to an aromatic ring is 1. The van der Waals surface area contributed by atoms with Crippen molar-refractivity contribution < 1.29 is 9.26 Å². The molecule has 0 aliphatic rings. The Hall–Kier alpha value is -1.69. The van der Waals surface area contributed by atoms with Crippen molar-refractivity contribution in [2.45, 2.75) is 30.4 Å². The number of benzene rings is 1. The van der Waals surface area contributed by atoms with Crippen LogP contribution in [-0.2, 0) is 12.2 Å². The number of anilines is 1. The number of hydrogen-bond donors (Lipinski definition) is 1. The molecule has 1 heterocycles. The van der Waals surface area contributed by atoms with E-state index >= 15 is 0 Å². The van der Waals surface area contributed by atoms with Crippen molar-refractivity contribution in [2.24, 2.45) is 0 Å². The van der Waals surface area contributed by atoms with Crippen molar-refractivity contribution in [2.75, 3.05) is 12.8 Å². The van der Waals surface area contributed by atoms with Gasteiger partial charge < -0.3 is 15.0 Å². The first kappa shape index (κ1) is 13.7. The molecule has 2 aromatic rings. The van der Waals surface area contributed by atoms with E-state index in [0.29, 0.717) is 17.3 Å². The van der Waals surface area contributed by atoms with E-state index in [0.717, 1.165) is 29.3 Å². The summed E-state index contributed by atoms with van der Waals surface area (Å²) < 4.78 is 10.5. The van der Waals surface area contributed by atoms with Crippen LogP contribution in [-0.4, -0.2) is 17.3 Å². The summed E-state index contributed by atoms with van der Waals surface area (Å²) in [4.78, 5) is 5.33. The summed E-state index contributed by atoms with van der Waals surface area (Å²) in [6.07, 6.45) is 1.86. The molecule has 1 aromatic carbocycles. The summed E-state index contributed by atoms with van der Waals surface area (Å²) in [5.41, 5.74) is 6.40. The van der Waals surface area contributed by atoms with Crippen LogP contribution < -0.4 is 10.5 Å². The Morgan fingerprint density at radius 1 is 1.42 bits per heavy atom. The Labute approximate surface area is 116 Å². The number of thioether (sulfide) groups is 1. The molecule has 0 aliphatic carbocycles. The maximum Gasteiger partial charge on any atom is 0.237 e. The summed E-state index contributed by atoms with van der Waals surface area (Å²) in [5.74, 6) is 2.78. The smallest absolute Gasteiger partial charge is 0.237 e. The number of nitrogens with two attached hydrogens (primary N) is 1. The minimum absolute atomic E-state index is 0.622. The van der Waals surface area contributed by atoms with Gasteiger partial charge in [0.1, 0.15) is 5.75 Å². The van der Waals surface area contributed by atoms with E-state index in [4.69, 9.17) is 15.0 Å². The Kier molecular flexibility index (Phi) is 4.68. The van der Waals surface area contributed by atoms with Crippen LogP contribution in [0, 0.1) is 0 Å². The zero-order valence-electron chi connectivity index (χ0n) is 11.0. The number of ether oxygens (including phenoxy) is 1. The molecule has 6 heteroatoms. The van der Waals surface area contributed by atoms with Crippen LogP contribution >= 0.6 is 11.8 Å². The van der Waals surface area contributed by atoms with Gasteiger partial charge in [-0.3, -0.25) is 0 Å². The molecule has 0 fully saturated rings. The van der Waals surface area contributed by atoms with E-state index in [1.807, 2.05) is 12.1 Å². The fraction of sp³-hybridized carbons (Fsp3) is 0.385. The molecule has 0 amide bonds. The van der Waals surface area contributed by atoms with Crippen LogP contribution in [0.4, 0.5) is 5.69 Å². The van der Waals surface area contributed by atoms with Crippen LogP contribution in [0.25, 0.3) is 0 Å². The van der Waals surface area contributed by atoms with Crippen LogP contribution in [0.3, 0.4) is 0 Å². The van der Waals surface area contributed by atoms with Crippen molar-refractivity contribution >= 4 is 17.4 Å². The highest BCUT2D eigenvalue weighted by atomic mass is 32.2. The van der Waals surface area contributed by atoms with Crippen molar-refractivity contribution in [1.82, 2.24) is 10.1 Å². The molecule has 1 aromatic heterocycles. The van der Waals surface area contributed by atoms with E-state index in [1.165, 1.54) is 0 Å². The molecule has 2 rings (SSSR count). The van der Waals surface area contributed by atoms with Gasteiger partial charge in [0.05, 0.1) is 12.9 Å². The maximum atomic E-state index is 5.72. The second kappa shape index (κ2) is 6.47. The van der Waals surface area contributed by atoms with Gasteiger partial charge in [0.25, 0.3) is 0 Å². The zero-order valence-corrected chi connectivity index (χ0v) is 11.9. The van der Waals surface area contributed by atoms with E-state index in [9.17, 15) is 0 Å². The minimum Gasteiger partial charge on any atom is -0.496 e. The molecule has 19 heavy (non-hydrogen) atoms. The highest BCUT2D eigenvalue weighted by molar-refractivity contribution is 7.98. The zero-order chi connectivity index (χ0) is 13.7. The van der Waals surface area contributed by atoms with Gasteiger partial charge in [-0.05, 0) is 18.6 Å². The largest absolute Gasteiger partial charge is 0.496 e. The number of rotatable bonds is 6. The summed E-state index contributed by atoms with van der Waals surface area (Å²) in [5, 5.41) is 3.92. The van der Waals surface area contributed by atoms with Gasteiger partial charge in [-0.1, -0.05) is 12.1 Å². The lowest BCUT2D eigenvalue weighted by Crippen LogP contribution is -1.91. The van der Waals surface area contributed by atoms with E-state index < -0.39 is 0 Å². The molecule has 5 nitrogen and oxygen atoms in total. The van der Waals surface area contributed by atoms with E-state index in [2.05, 4.69) is 17.1 Å². The van der Waals surface area contributed by atoms with Crippen LogP contribution in [0.1, 0.15) is 25.1 Å². The molecule has 0 spiro atoms. The third kappa shape index (κ3) is 3.64. The SMILES string of the molecule is CCCc1noc(CSc2ccc(N)cc2OC)n1. The number of methoxy groups -OCH3 is 1. The molecule has 0 unspecified atom stereocenters. The summed E-state index contributed by atoms with van der Waals surface area (Å²) >= 11 is 1.59. The first-order valence-corrected chi connectivity index (χ1v) is 7.09. The summed E-state index contributed by atoms with van der Waals surface area (Å²) in [7, 11) is 1.63. The van der Waals surface area contributed by atoms with Crippen molar-refractivity contribution in [3.05, 3.63) is 29.9 Å². The lowest BCUT2D eigenvalue weighted by Gasteiger charge is -2.07. The monoisotopic (exact) mass is 279 g/mol. The van der Waals surface area contributed by atoms with Gasteiger partial charge in [-0.2, -0.15) is 4.98 Å². The van der Waals surface area contributed by atoms with Gasteiger partial charge in [-0.15, -0.1) is 11.8 Å². The van der Waals surface area contributed by atoms with Crippen molar-refractivity contribution in [1.29, 1.82) is 0 Å². The molecular weight excluding hydrogens is 262 g/mol. The first-order valence-electron chi connectivity index (χ1n) is 6.10. The molecule has 102 valence electrons. The Morgan fingerprint density at radius 3 is 3.00 bits per heavy atom. The highest BCUT2D eigenvalue weighted by Crippen LogP contribution is 2.32. The second-order valence-electron chi connectivity index (χ2n) is 4.05. The third-order valence-corrected chi connectivity index (χ3v) is 3.56. The molecular formula is C13H17N3O2S. The Balaban J connectivity index is 2.01. The maximum absolute atomic E-state index is 5.72. The lowest BCUT2D eigenvalue weighted by atomic mass is 10.3. The quantitative estimate of drug-likeness (QED) is 0.647. The van der Waals surface area contributed by atoms with Gasteiger partial charge in [0, 0.05) is 23.1 Å². The lowest BCUT2D eigenvalue weighted by molar-refractivity contribution is 0.384. The Bertz CT molecular complexity index is 542. The topological polar surface area (TPSA) is 74.2 Å². The molecule has 0 saturated heterocycles. The van der Waals surface area contributed by atoms with Crippen LogP contribution in [0.5, 0.6) is 5.75 Å². The minimum atomic E-state index is 0.622. The van der Waals surface area contributed by atoms with Gasteiger partial charge >= 0.3 is 0 Å². The van der Waals surface area contributed by atoms with E-state index in [1.54, 1.807) is 24.9 Å². The van der Waals surface area contributed by atoms with Gasteiger partial charge in [0.15, 0.2) is 5.82 Å². The fourth-order valence-electron chi connectivity index (χ4n) is 1.62. The average molecular weight is 279 g/mol. The van der Waals surface area contributed by atoms with Crippen LogP contribution in [0.2, 0.25) is 0 Å². The first-order chi connectivity index (χ1) is 9.22. The summed E-state index contributed by atoms with van der Waals surface area (Å²) in [6.45, 7) is 2.09. The van der Waals surface area contributed by atoms with Crippen LogP contribution in [0.15, 0.2) is 27.6 Å². The predicted molar refractivity (Wildman–Crippen MR) is 75.3 cm³/mol. The molecule has 0 aliphatic heterocycles. The average Bonchev–Trinajstić information content (AvgIpc) is 2.85. The number of aromatic nitrogens is 2. The normalized spacial score (nSPS) is 10.6. The summed E-state index contributed by atoms with van der Waals surface area (Å²) in [6, 6.07) is 5.59. The molecule has 2 N–H and O–H groups in total. The van der Waals surface area contributed by atoms with Crippen molar-refractivity contribution in [3.8, 4) is 5.75 Å². The molecule has 0 bridgehead atoms. The van der Waals surface area contributed by atoms with Crippen molar-refractivity contribution in [3.63, 3.8) is 0 Å². The molecule has 0 saturated carbocycles. The number of nitrogens with zero attached hydrogens (tertiary/aromatic N) is 2. The number of aryl methyl sites for hydroxylation is 1. The standard InChI is InChI=1S/C13H17N3O2S/c1-3-4-12-15-13(18-16-12)8-19-11-6-5-9(14)7-10(11)17-2/h5-7H,3-4,8,14H2,1-2H3. The number of hydrogen-bond acceptors (Lipinski definition) is 6.